The van der Waals surface area contributed by atoms with Gasteiger partial charge in [0.05, 0.1) is 45.7 Å². The molecular weight excluding hydrogens is 1220 g/mol. The quantitative estimate of drug-likeness (QED) is 0.0479. The highest BCUT2D eigenvalue weighted by molar-refractivity contribution is 5.74. The van der Waals surface area contributed by atoms with Gasteiger partial charge < -0.3 is 175 Å². The highest BCUT2D eigenvalue weighted by Gasteiger charge is 2.59. The molecule has 0 bridgehead atoms. The molecule has 39 heteroatoms. The number of rotatable bonds is 22. The molecule has 89 heavy (non-hydrogen) atoms. The van der Waals surface area contributed by atoms with Gasteiger partial charge in [-0.15, -0.1) is 0 Å². The zero-order chi connectivity index (χ0) is 65.8. The molecule has 0 aromatic rings. The average molecular weight is 1300 g/mol. The lowest BCUT2D eigenvalue weighted by Crippen LogP contribution is -2.70. The SMILES string of the molecule is CC(=O)N[C@@H]1[C@@H](O[C@@H]2O[C@H](CO)[C@H](O)[C@H](O[C@@H]3O[C@H](CO)[C@@H](O)[C@H](O)[C@H]3NC(C)=O)[C@H]2O)[C@@H](O)[C@@H](CO[C@@H]2O[C@H](CO)[C@@H](O[C@@H]3O[C@H](CO)[C@H](O)[C@H](O[C@@H]4O[C@H](CO)[C@@H](O)[C@H](O)[C@H]4NC(C)=O)[C@H]3O[C@@H]3O[C@@H](C)[C@@H](O)[C@@H](O)[C@@H]3O)[C@H](O)[C@H]2NC(C)=O)O[C@@H]1O. The molecule has 0 aliphatic carbocycles. The van der Waals surface area contributed by atoms with Crippen LogP contribution < -0.4 is 21.3 Å². The first kappa shape index (κ1) is 73.1. The summed E-state index contributed by atoms with van der Waals surface area (Å²) >= 11 is 0. The molecule has 7 saturated heterocycles. The summed E-state index contributed by atoms with van der Waals surface area (Å²) < 4.78 is 76.7. The molecule has 22 N–H and O–H groups in total. The number of aliphatic hydroxyl groups excluding tert-OH is 18. The molecule has 0 aromatic heterocycles. The number of amides is 4. The van der Waals surface area contributed by atoms with Gasteiger partial charge in [0.15, 0.2) is 44.0 Å². The lowest BCUT2D eigenvalue weighted by molar-refractivity contribution is -0.399. The zero-order valence-electron chi connectivity index (χ0n) is 48.4. The summed E-state index contributed by atoms with van der Waals surface area (Å²) in [6.07, 6.45) is -59.0. The lowest BCUT2D eigenvalue weighted by Gasteiger charge is -2.51. The minimum Gasteiger partial charge on any atom is -0.394 e. The van der Waals surface area contributed by atoms with E-state index in [4.69, 9.17) is 61.6 Å². The van der Waals surface area contributed by atoms with Gasteiger partial charge in [-0.1, -0.05) is 0 Å². The van der Waals surface area contributed by atoms with Crippen molar-refractivity contribution in [2.24, 2.45) is 0 Å². The second kappa shape index (κ2) is 31.7. The molecule has 0 unspecified atom stereocenters. The molecule has 7 aliphatic heterocycles. The molecule has 0 spiro atoms. The van der Waals surface area contributed by atoms with Gasteiger partial charge in [0.2, 0.25) is 23.6 Å². The molecule has 0 saturated carbocycles. The fourth-order valence-corrected chi connectivity index (χ4v) is 11.4. The predicted molar refractivity (Wildman–Crippen MR) is 277 cm³/mol. The molecule has 514 valence electrons. The molecular formula is C50H84N4O35. The van der Waals surface area contributed by atoms with Crippen molar-refractivity contribution in [2.45, 2.75) is 249 Å². The molecule has 39 nitrogen and oxygen atoms in total. The summed E-state index contributed by atoms with van der Waals surface area (Å²) in [5, 5.41) is 207. The Hall–Kier alpha value is -3.36. The second-order valence-electron chi connectivity index (χ2n) is 22.5. The standard InChI is InChI=1S/C50H84N4O35/c1-12-27(64)36(73)37(74)48(78-12)89-43-42(88-47-24(52-14(3)61)34(71)29(66)18(7-56)81-47)31(68)20(9-58)83-50(43)85-39-21(10-59)84-45(25(35(39)72)53-15(4)62)77-11-22-32(69)40(26(44(76)79-22)54-16(5)63)86-49-38(75)41(30(67)19(8-57)82-49)87-46-23(51-13(2)60)33(70)28(65)17(6-55)80-46/h12,17-50,55-59,64-76H,6-11H2,1-5H3,(H,51,60)(H,52,61)(H,53,62)(H,54,63)/t12-,17+,18+,19+,20+,21+,22+,23+,24+,25+,26+,27+,28+,29+,30-,31-,32-,33+,34+,35+,36+,37-,38+,39+,40+,41-,42-,43+,44-,45+,46-,47-,48-,49-,50-/m0/s1. The Kier molecular flexibility index (Phi) is 26.0. The van der Waals surface area contributed by atoms with Crippen LogP contribution in [0.5, 0.6) is 0 Å². The van der Waals surface area contributed by atoms with Crippen LogP contribution in [0.15, 0.2) is 0 Å². The first-order valence-electron chi connectivity index (χ1n) is 28.5. The molecule has 4 amide bonds. The summed E-state index contributed by atoms with van der Waals surface area (Å²) in [6.45, 7) is -0.558. The third-order valence-corrected chi connectivity index (χ3v) is 16.1. The van der Waals surface area contributed by atoms with Crippen LogP contribution in [-0.2, 0) is 80.8 Å². The Labute approximate surface area is 505 Å². The molecule has 35 atom stereocenters. The van der Waals surface area contributed by atoms with Crippen LogP contribution in [0.3, 0.4) is 0 Å². The summed E-state index contributed by atoms with van der Waals surface area (Å²) in [6, 6.07) is -6.83. The minimum absolute atomic E-state index is 0.764. The van der Waals surface area contributed by atoms with Crippen molar-refractivity contribution < 1.29 is 173 Å². The third-order valence-electron chi connectivity index (χ3n) is 16.1. The smallest absolute Gasteiger partial charge is 0.217 e. The molecule has 0 radical (unpaired) electrons. The fourth-order valence-electron chi connectivity index (χ4n) is 11.4. The maximum absolute atomic E-state index is 12.9. The van der Waals surface area contributed by atoms with E-state index in [2.05, 4.69) is 21.3 Å². The number of ether oxygens (including phenoxy) is 13. The van der Waals surface area contributed by atoms with E-state index >= 15 is 0 Å². The molecule has 0 aromatic carbocycles. The highest BCUT2D eigenvalue weighted by atomic mass is 16.8. The van der Waals surface area contributed by atoms with E-state index in [0.29, 0.717) is 0 Å². The van der Waals surface area contributed by atoms with Gasteiger partial charge in [0.1, 0.15) is 165 Å². The van der Waals surface area contributed by atoms with Gasteiger partial charge >= 0.3 is 0 Å². The Balaban J connectivity index is 1.14. The summed E-state index contributed by atoms with van der Waals surface area (Å²) in [5.41, 5.74) is 0. The topological polar surface area (TPSA) is 601 Å². The van der Waals surface area contributed by atoms with Gasteiger partial charge in [-0.3, -0.25) is 19.2 Å². The van der Waals surface area contributed by atoms with Crippen LogP contribution in [0.25, 0.3) is 0 Å². The van der Waals surface area contributed by atoms with Gasteiger partial charge in [-0.05, 0) is 6.92 Å². The number of carbonyl (C=O) groups is 4. The van der Waals surface area contributed by atoms with Gasteiger partial charge in [0.25, 0.3) is 0 Å². The van der Waals surface area contributed by atoms with E-state index in [1.54, 1.807) is 0 Å². The van der Waals surface area contributed by atoms with Gasteiger partial charge in [-0.2, -0.15) is 0 Å². The Morgan fingerprint density at radius 1 is 0.315 bits per heavy atom. The summed E-state index contributed by atoms with van der Waals surface area (Å²) in [4.78, 5) is 49.9. The number of carbonyl (C=O) groups excluding carboxylic acids is 4. The fraction of sp³-hybridized carbons (Fsp3) is 0.920. The van der Waals surface area contributed by atoms with Crippen molar-refractivity contribution in [1.29, 1.82) is 0 Å². The van der Waals surface area contributed by atoms with Crippen molar-refractivity contribution >= 4 is 23.6 Å². The van der Waals surface area contributed by atoms with E-state index in [1.807, 2.05) is 0 Å². The molecule has 7 fully saturated rings. The van der Waals surface area contributed by atoms with Crippen molar-refractivity contribution in [2.75, 3.05) is 39.6 Å². The second-order valence-corrected chi connectivity index (χ2v) is 22.5. The highest BCUT2D eigenvalue weighted by Crippen LogP contribution is 2.38. The average Bonchev–Trinajstić information content (AvgIpc) is 0.868. The van der Waals surface area contributed by atoms with Crippen LogP contribution in [0.2, 0.25) is 0 Å². The van der Waals surface area contributed by atoms with Gasteiger partial charge in [-0.25, -0.2) is 0 Å². The van der Waals surface area contributed by atoms with Crippen molar-refractivity contribution in [3.8, 4) is 0 Å². The molecule has 7 rings (SSSR count). The molecule has 7 heterocycles. The Morgan fingerprint density at radius 3 is 1.18 bits per heavy atom. The number of hydrogen-bond donors (Lipinski definition) is 22. The Bertz CT molecular complexity index is 2290. The normalized spacial score (nSPS) is 48.0. The maximum atomic E-state index is 12.9. The van der Waals surface area contributed by atoms with E-state index in [-0.39, 0.29) is 0 Å². The monoisotopic (exact) mass is 1300 g/mol. The van der Waals surface area contributed by atoms with Crippen LogP contribution in [0.1, 0.15) is 34.6 Å². The minimum atomic E-state index is -2.19. The van der Waals surface area contributed by atoms with E-state index in [9.17, 15) is 111 Å². The van der Waals surface area contributed by atoms with Crippen molar-refractivity contribution in [3.05, 3.63) is 0 Å². The van der Waals surface area contributed by atoms with Crippen molar-refractivity contribution in [1.82, 2.24) is 21.3 Å². The van der Waals surface area contributed by atoms with Gasteiger partial charge in [0, 0.05) is 27.7 Å². The first-order valence-corrected chi connectivity index (χ1v) is 28.5. The van der Waals surface area contributed by atoms with E-state index in [1.165, 1.54) is 6.92 Å². The van der Waals surface area contributed by atoms with E-state index in [0.717, 1.165) is 27.7 Å². The third kappa shape index (κ3) is 16.4. The largest absolute Gasteiger partial charge is 0.394 e. The van der Waals surface area contributed by atoms with Crippen molar-refractivity contribution in [3.63, 3.8) is 0 Å². The van der Waals surface area contributed by atoms with Crippen LogP contribution in [-0.4, -0.2) is 370 Å². The number of hydrogen-bond acceptors (Lipinski definition) is 35. The van der Waals surface area contributed by atoms with Crippen LogP contribution in [0.4, 0.5) is 0 Å². The van der Waals surface area contributed by atoms with Crippen LogP contribution >= 0.6 is 0 Å². The molecule has 7 aliphatic rings. The zero-order valence-corrected chi connectivity index (χ0v) is 48.4. The maximum Gasteiger partial charge on any atom is 0.217 e. The Morgan fingerprint density at radius 2 is 0.685 bits per heavy atom. The van der Waals surface area contributed by atoms with E-state index < -0.39 is 278 Å². The summed E-state index contributed by atoms with van der Waals surface area (Å²) in [7, 11) is 0. The summed E-state index contributed by atoms with van der Waals surface area (Å²) in [5.74, 6) is -3.27. The van der Waals surface area contributed by atoms with Crippen LogP contribution in [0, 0.1) is 0 Å². The number of nitrogens with one attached hydrogen (secondary N) is 4. The first-order chi connectivity index (χ1) is 42.0. The number of aliphatic hydroxyl groups is 18. The predicted octanol–water partition coefficient (Wildman–Crippen LogP) is -14.7. The lowest BCUT2D eigenvalue weighted by atomic mass is 9.94.